The molecule has 2 heterocycles. The third kappa shape index (κ3) is 4.71. The predicted octanol–water partition coefficient (Wildman–Crippen LogP) is 3.21. The molecule has 3 rings (SSSR count). The van der Waals surface area contributed by atoms with Crippen LogP contribution in [0.15, 0.2) is 29.6 Å². The number of rotatable bonds is 7. The first-order chi connectivity index (χ1) is 13.4. The van der Waals surface area contributed by atoms with Gasteiger partial charge >= 0.3 is 0 Å². The second-order valence-corrected chi connectivity index (χ2v) is 9.69. The summed E-state index contributed by atoms with van der Waals surface area (Å²) < 4.78 is 31.4. The molecule has 1 aromatic heterocycles. The summed E-state index contributed by atoms with van der Waals surface area (Å²) in [7, 11) is -1.68. The summed E-state index contributed by atoms with van der Waals surface area (Å²) in [5.74, 6) is 0.293. The van der Waals surface area contributed by atoms with E-state index < -0.39 is 10.0 Å². The van der Waals surface area contributed by atoms with Gasteiger partial charge in [-0.2, -0.15) is 0 Å². The van der Waals surface area contributed by atoms with E-state index in [1.807, 2.05) is 36.6 Å². The number of sulfonamides is 1. The van der Waals surface area contributed by atoms with Gasteiger partial charge in [0.25, 0.3) is 0 Å². The summed E-state index contributed by atoms with van der Waals surface area (Å²) in [5.41, 5.74) is 1.59. The van der Waals surface area contributed by atoms with Gasteiger partial charge in [0.05, 0.1) is 24.5 Å². The van der Waals surface area contributed by atoms with E-state index in [0.717, 1.165) is 17.0 Å². The van der Waals surface area contributed by atoms with Crippen LogP contribution < -0.4 is 10.1 Å². The molecule has 9 heteroatoms. The summed E-state index contributed by atoms with van der Waals surface area (Å²) in [5, 5.41) is 5.22. The molecule has 0 aliphatic carbocycles. The number of ether oxygens (including phenoxy) is 1. The Hall–Kier alpha value is -1.97. The Balaban J connectivity index is 1.68. The Kier molecular flexibility index (Phi) is 6.69. The van der Waals surface area contributed by atoms with Crippen LogP contribution in [0.25, 0.3) is 11.3 Å². The lowest BCUT2D eigenvalue weighted by Crippen LogP contribution is -2.44. The fraction of sp³-hybridized carbons (Fsp3) is 0.474. The monoisotopic (exact) mass is 423 g/mol. The van der Waals surface area contributed by atoms with Crippen molar-refractivity contribution in [1.29, 1.82) is 0 Å². The molecule has 1 amide bonds. The lowest BCUT2D eigenvalue weighted by atomic mass is 9.99. The van der Waals surface area contributed by atoms with Gasteiger partial charge in [0.1, 0.15) is 5.75 Å². The van der Waals surface area contributed by atoms with Crippen molar-refractivity contribution in [3.8, 4) is 17.0 Å². The topological polar surface area (TPSA) is 88.6 Å². The minimum atomic E-state index is -3.29. The zero-order valence-corrected chi connectivity index (χ0v) is 17.7. The SMILES string of the molecule is CCCS(=O)(=O)N1CCC[C@@H](C(=O)Nc2nc(-c3ccccc3OC)cs2)C1. The van der Waals surface area contributed by atoms with Crippen molar-refractivity contribution in [2.45, 2.75) is 26.2 Å². The number of methoxy groups -OCH3 is 1. The molecule has 0 saturated carbocycles. The normalized spacial score (nSPS) is 18.0. The van der Waals surface area contributed by atoms with Crippen molar-refractivity contribution in [1.82, 2.24) is 9.29 Å². The molecule has 0 spiro atoms. The van der Waals surface area contributed by atoms with Gasteiger partial charge in [-0.3, -0.25) is 4.79 Å². The Morgan fingerprint density at radius 3 is 2.93 bits per heavy atom. The van der Waals surface area contributed by atoms with Gasteiger partial charge in [0.2, 0.25) is 15.9 Å². The first-order valence-electron chi connectivity index (χ1n) is 9.32. The molecule has 0 radical (unpaired) electrons. The van der Waals surface area contributed by atoms with Gasteiger partial charge in [0, 0.05) is 24.0 Å². The molecule has 1 N–H and O–H groups in total. The summed E-state index contributed by atoms with van der Waals surface area (Å²) in [6.45, 7) is 2.56. The number of aromatic nitrogens is 1. The van der Waals surface area contributed by atoms with E-state index in [9.17, 15) is 13.2 Å². The zero-order chi connectivity index (χ0) is 20.1. The fourth-order valence-electron chi connectivity index (χ4n) is 3.31. The molecular weight excluding hydrogens is 398 g/mol. The van der Waals surface area contributed by atoms with Crippen LogP contribution in [0.2, 0.25) is 0 Å². The number of benzene rings is 1. The molecule has 1 aromatic carbocycles. The lowest BCUT2D eigenvalue weighted by Gasteiger charge is -2.30. The van der Waals surface area contributed by atoms with Crippen LogP contribution in [0.1, 0.15) is 26.2 Å². The van der Waals surface area contributed by atoms with Crippen LogP contribution in [-0.4, -0.2) is 49.6 Å². The molecule has 1 fully saturated rings. The molecule has 0 unspecified atom stereocenters. The van der Waals surface area contributed by atoms with Crippen molar-refractivity contribution in [3.05, 3.63) is 29.6 Å². The average Bonchev–Trinajstić information content (AvgIpc) is 3.16. The van der Waals surface area contributed by atoms with Gasteiger partial charge < -0.3 is 10.1 Å². The summed E-state index contributed by atoms with van der Waals surface area (Å²) in [6, 6.07) is 7.57. The number of nitrogens with zero attached hydrogens (tertiary/aromatic N) is 2. The Morgan fingerprint density at radius 1 is 1.39 bits per heavy atom. The highest BCUT2D eigenvalue weighted by Gasteiger charge is 2.32. The number of anilines is 1. The van der Waals surface area contributed by atoms with E-state index in [2.05, 4.69) is 10.3 Å². The molecule has 7 nitrogen and oxygen atoms in total. The highest BCUT2D eigenvalue weighted by atomic mass is 32.2. The number of thiazole rings is 1. The number of carbonyl (C=O) groups excluding carboxylic acids is 1. The Morgan fingerprint density at radius 2 is 2.18 bits per heavy atom. The maximum atomic E-state index is 12.7. The van der Waals surface area contributed by atoms with Crippen LogP contribution >= 0.6 is 11.3 Å². The number of carbonyl (C=O) groups is 1. The number of piperidine rings is 1. The number of para-hydroxylation sites is 1. The van der Waals surface area contributed by atoms with Crippen LogP contribution in [-0.2, 0) is 14.8 Å². The molecule has 1 saturated heterocycles. The number of amides is 1. The third-order valence-corrected chi connectivity index (χ3v) is 7.53. The van der Waals surface area contributed by atoms with Crippen molar-refractivity contribution < 1.29 is 17.9 Å². The molecule has 152 valence electrons. The fourth-order valence-corrected chi connectivity index (χ4v) is 5.62. The summed E-state index contributed by atoms with van der Waals surface area (Å²) >= 11 is 1.34. The molecule has 28 heavy (non-hydrogen) atoms. The van der Waals surface area contributed by atoms with E-state index in [1.165, 1.54) is 15.6 Å². The summed E-state index contributed by atoms with van der Waals surface area (Å²) in [6.07, 6.45) is 1.93. The van der Waals surface area contributed by atoms with Crippen LogP contribution in [0.4, 0.5) is 5.13 Å². The van der Waals surface area contributed by atoms with Gasteiger partial charge in [-0.1, -0.05) is 19.1 Å². The predicted molar refractivity (Wildman–Crippen MR) is 111 cm³/mol. The smallest absolute Gasteiger partial charge is 0.230 e. The molecule has 0 bridgehead atoms. The third-order valence-electron chi connectivity index (χ3n) is 4.73. The lowest BCUT2D eigenvalue weighted by molar-refractivity contribution is -0.120. The maximum absolute atomic E-state index is 12.7. The Bertz CT molecular complexity index is 927. The second-order valence-electron chi connectivity index (χ2n) is 6.74. The maximum Gasteiger partial charge on any atom is 0.230 e. The van der Waals surface area contributed by atoms with Gasteiger partial charge in [-0.25, -0.2) is 17.7 Å². The van der Waals surface area contributed by atoms with Crippen molar-refractivity contribution in [2.24, 2.45) is 5.92 Å². The van der Waals surface area contributed by atoms with E-state index >= 15 is 0 Å². The average molecular weight is 424 g/mol. The molecule has 2 aromatic rings. The van der Waals surface area contributed by atoms with E-state index in [4.69, 9.17) is 4.74 Å². The van der Waals surface area contributed by atoms with E-state index in [1.54, 1.807) is 7.11 Å². The van der Waals surface area contributed by atoms with Gasteiger partial charge in [-0.15, -0.1) is 11.3 Å². The number of nitrogens with one attached hydrogen (secondary N) is 1. The second kappa shape index (κ2) is 9.02. The number of hydrogen-bond donors (Lipinski definition) is 1. The van der Waals surface area contributed by atoms with Crippen molar-refractivity contribution >= 4 is 32.4 Å². The quantitative estimate of drug-likeness (QED) is 0.739. The highest BCUT2D eigenvalue weighted by molar-refractivity contribution is 7.89. The van der Waals surface area contributed by atoms with Crippen LogP contribution in [0.3, 0.4) is 0 Å². The minimum absolute atomic E-state index is 0.121. The highest BCUT2D eigenvalue weighted by Crippen LogP contribution is 2.32. The minimum Gasteiger partial charge on any atom is -0.496 e. The first-order valence-corrected chi connectivity index (χ1v) is 11.8. The Labute approximate surface area is 169 Å². The molecule has 1 aliphatic rings. The number of hydrogen-bond acceptors (Lipinski definition) is 6. The standard InChI is InChI=1S/C19H25N3O4S2/c1-3-11-28(24,25)22-10-6-7-14(12-22)18(23)21-19-20-16(13-27-19)15-8-4-5-9-17(15)26-2/h4-5,8-9,13-14H,3,6-7,10-12H2,1-2H3,(H,20,21,23)/t14-/m1/s1. The van der Waals surface area contributed by atoms with Crippen LogP contribution in [0, 0.1) is 5.92 Å². The van der Waals surface area contributed by atoms with Crippen molar-refractivity contribution in [3.63, 3.8) is 0 Å². The van der Waals surface area contributed by atoms with Crippen LogP contribution in [0.5, 0.6) is 5.75 Å². The van der Waals surface area contributed by atoms with Gasteiger partial charge in [-0.05, 0) is 31.4 Å². The zero-order valence-electron chi connectivity index (χ0n) is 16.1. The van der Waals surface area contributed by atoms with Crippen molar-refractivity contribution in [2.75, 3.05) is 31.3 Å². The van der Waals surface area contributed by atoms with E-state index in [-0.39, 0.29) is 24.1 Å². The first kappa shape index (κ1) is 20.8. The summed E-state index contributed by atoms with van der Waals surface area (Å²) in [4.78, 5) is 17.2. The van der Waals surface area contributed by atoms with Gasteiger partial charge in [0.15, 0.2) is 5.13 Å². The molecule has 1 atom stereocenters. The molecular formula is C19H25N3O4S2. The van der Waals surface area contributed by atoms with E-state index in [0.29, 0.717) is 30.9 Å². The molecule has 1 aliphatic heterocycles. The largest absolute Gasteiger partial charge is 0.496 e.